The van der Waals surface area contributed by atoms with Gasteiger partial charge in [0.1, 0.15) is 41.7 Å². The second-order valence-electron chi connectivity index (χ2n) is 7.01. The summed E-state index contributed by atoms with van der Waals surface area (Å²) < 4.78 is 16.4. The third kappa shape index (κ3) is 3.75. The van der Waals surface area contributed by atoms with Gasteiger partial charge in [-0.05, 0) is 30.9 Å². The van der Waals surface area contributed by atoms with Crippen LogP contribution in [0.2, 0.25) is 0 Å². The Morgan fingerprint density at radius 2 is 1.83 bits per heavy atom. The third-order valence-electron chi connectivity index (χ3n) is 5.03. The summed E-state index contributed by atoms with van der Waals surface area (Å²) in [5.41, 5.74) is 0.691. The van der Waals surface area contributed by atoms with Crippen molar-refractivity contribution in [2.75, 3.05) is 13.7 Å². The number of methoxy groups -OCH3 is 1. The Morgan fingerprint density at radius 1 is 1.14 bits per heavy atom. The predicted octanol–water partition coefficient (Wildman–Crippen LogP) is 0.244. The highest BCUT2D eigenvalue weighted by Crippen LogP contribution is 2.41. The summed E-state index contributed by atoms with van der Waals surface area (Å²) in [6.07, 6.45) is -7.39. The first-order valence-electron chi connectivity index (χ1n) is 9.02. The molecule has 1 aliphatic rings. The van der Waals surface area contributed by atoms with Gasteiger partial charge in [0, 0.05) is 6.07 Å². The Morgan fingerprint density at radius 3 is 2.41 bits per heavy atom. The van der Waals surface area contributed by atoms with E-state index in [0.717, 1.165) is 0 Å². The molecule has 29 heavy (non-hydrogen) atoms. The molecule has 5 N–H and O–H groups in total. The lowest BCUT2D eigenvalue weighted by Crippen LogP contribution is -2.60. The highest BCUT2D eigenvalue weighted by atomic mass is 16.7. The Labute approximate surface area is 166 Å². The molecule has 9 heteroatoms. The average Bonchev–Trinajstić information content (AvgIpc) is 2.67. The van der Waals surface area contributed by atoms with Crippen LogP contribution in [0.25, 0.3) is 10.8 Å². The first-order valence-corrected chi connectivity index (χ1v) is 9.02. The summed E-state index contributed by atoms with van der Waals surface area (Å²) in [5, 5.41) is 51.0. The maximum atomic E-state index is 12.0. The molecule has 0 saturated carbocycles. The fourth-order valence-electron chi connectivity index (χ4n) is 3.54. The number of rotatable bonds is 5. The summed E-state index contributed by atoms with van der Waals surface area (Å²) in [6.45, 7) is 2.41. The van der Waals surface area contributed by atoms with Crippen molar-refractivity contribution in [2.24, 2.45) is 0 Å². The lowest BCUT2D eigenvalue weighted by molar-refractivity contribution is -0.277. The summed E-state index contributed by atoms with van der Waals surface area (Å²) in [6, 6.07) is 4.77. The first-order chi connectivity index (χ1) is 13.7. The van der Waals surface area contributed by atoms with E-state index in [4.69, 9.17) is 14.2 Å². The number of fused-ring (bicyclic) bond motifs is 1. The van der Waals surface area contributed by atoms with Gasteiger partial charge in [-0.1, -0.05) is 6.07 Å². The molecular formula is C20H24O9. The fraction of sp³-hybridized carbons (Fsp3) is 0.450. The summed E-state index contributed by atoms with van der Waals surface area (Å²) in [5.74, 6) is -0.221. The van der Waals surface area contributed by atoms with Crippen LogP contribution in [0.3, 0.4) is 0 Å². The SMILES string of the molecule is COc1cc(O[C@H]2O[C@H](CO)[C@@H](O)[C@H](O)[C@H]2O)c2c(O)c(C(C)=O)c(C)cc2c1. The molecule has 3 rings (SSSR count). The Bertz CT molecular complexity index is 924. The van der Waals surface area contributed by atoms with Crippen molar-refractivity contribution in [2.45, 2.75) is 44.6 Å². The molecule has 1 aliphatic heterocycles. The van der Waals surface area contributed by atoms with E-state index in [1.165, 1.54) is 20.1 Å². The van der Waals surface area contributed by atoms with Gasteiger partial charge in [-0.2, -0.15) is 0 Å². The number of Topliss-reactive ketones (excluding diaryl/α,β-unsaturated/α-hetero) is 1. The molecule has 1 saturated heterocycles. The van der Waals surface area contributed by atoms with Gasteiger partial charge in [0.05, 0.1) is 24.7 Å². The van der Waals surface area contributed by atoms with Gasteiger partial charge in [0.15, 0.2) is 5.78 Å². The molecule has 5 atom stereocenters. The predicted molar refractivity (Wildman–Crippen MR) is 101 cm³/mol. The van der Waals surface area contributed by atoms with Gasteiger partial charge < -0.3 is 39.7 Å². The number of phenols is 1. The number of aliphatic hydroxyl groups excluding tert-OH is 4. The summed E-state index contributed by atoms with van der Waals surface area (Å²) >= 11 is 0. The molecule has 0 spiro atoms. The normalized spacial score (nSPS) is 27.1. The van der Waals surface area contributed by atoms with E-state index in [1.54, 1.807) is 19.1 Å². The van der Waals surface area contributed by atoms with Crippen molar-refractivity contribution < 1.29 is 44.5 Å². The van der Waals surface area contributed by atoms with Gasteiger partial charge in [-0.3, -0.25) is 4.79 Å². The third-order valence-corrected chi connectivity index (χ3v) is 5.03. The van der Waals surface area contributed by atoms with Crippen LogP contribution in [-0.2, 0) is 4.74 Å². The quantitative estimate of drug-likeness (QED) is 0.439. The summed E-state index contributed by atoms with van der Waals surface area (Å²) in [4.78, 5) is 12.0. The second-order valence-corrected chi connectivity index (χ2v) is 7.01. The maximum Gasteiger partial charge on any atom is 0.229 e. The zero-order valence-electron chi connectivity index (χ0n) is 16.2. The number of carbonyl (C=O) groups is 1. The lowest BCUT2D eigenvalue weighted by Gasteiger charge is -2.39. The van der Waals surface area contributed by atoms with E-state index in [0.29, 0.717) is 16.7 Å². The van der Waals surface area contributed by atoms with Gasteiger partial charge in [-0.25, -0.2) is 0 Å². The van der Waals surface area contributed by atoms with Crippen molar-refractivity contribution in [3.05, 3.63) is 29.3 Å². The van der Waals surface area contributed by atoms with Crippen LogP contribution in [0.4, 0.5) is 0 Å². The molecule has 158 valence electrons. The number of aliphatic hydroxyl groups is 4. The largest absolute Gasteiger partial charge is 0.506 e. The van der Waals surface area contributed by atoms with Crippen molar-refractivity contribution in [1.82, 2.24) is 0 Å². The highest BCUT2D eigenvalue weighted by molar-refractivity contribution is 6.07. The molecule has 0 aliphatic carbocycles. The zero-order chi connectivity index (χ0) is 21.5. The average molecular weight is 408 g/mol. The van der Waals surface area contributed by atoms with Gasteiger partial charge in [0.25, 0.3) is 0 Å². The van der Waals surface area contributed by atoms with Crippen LogP contribution in [0.5, 0.6) is 17.2 Å². The number of ketones is 1. The Kier molecular flexibility index (Phi) is 5.97. The Hall–Kier alpha value is -2.43. The molecular weight excluding hydrogens is 384 g/mol. The number of ether oxygens (including phenoxy) is 3. The molecule has 2 aromatic carbocycles. The molecule has 0 aromatic heterocycles. The van der Waals surface area contributed by atoms with E-state index < -0.39 is 37.3 Å². The molecule has 1 fully saturated rings. The number of aromatic hydroxyl groups is 1. The minimum absolute atomic E-state index is 0.0312. The number of phenolic OH excluding ortho intramolecular Hbond substituents is 1. The highest BCUT2D eigenvalue weighted by Gasteiger charge is 2.45. The van der Waals surface area contributed by atoms with Crippen LogP contribution in [0.15, 0.2) is 18.2 Å². The monoisotopic (exact) mass is 408 g/mol. The van der Waals surface area contributed by atoms with E-state index in [-0.39, 0.29) is 28.2 Å². The molecule has 0 radical (unpaired) electrons. The van der Waals surface area contributed by atoms with E-state index in [1.807, 2.05) is 0 Å². The van der Waals surface area contributed by atoms with Crippen LogP contribution in [-0.4, -0.2) is 75.7 Å². The molecule has 1 heterocycles. The van der Waals surface area contributed by atoms with Crippen LogP contribution in [0, 0.1) is 6.92 Å². The van der Waals surface area contributed by atoms with Gasteiger partial charge in [0.2, 0.25) is 6.29 Å². The number of hydrogen-bond donors (Lipinski definition) is 5. The number of benzene rings is 2. The lowest BCUT2D eigenvalue weighted by atomic mass is 9.96. The molecule has 0 unspecified atom stereocenters. The van der Waals surface area contributed by atoms with E-state index in [2.05, 4.69) is 0 Å². The minimum Gasteiger partial charge on any atom is -0.506 e. The number of carbonyl (C=O) groups excluding carboxylic acids is 1. The van der Waals surface area contributed by atoms with Crippen molar-refractivity contribution in [3.8, 4) is 17.2 Å². The minimum atomic E-state index is -1.63. The smallest absolute Gasteiger partial charge is 0.229 e. The fourth-order valence-corrected chi connectivity index (χ4v) is 3.54. The van der Waals surface area contributed by atoms with Crippen molar-refractivity contribution >= 4 is 16.6 Å². The number of hydrogen-bond acceptors (Lipinski definition) is 9. The molecule has 0 bridgehead atoms. The van der Waals surface area contributed by atoms with E-state index >= 15 is 0 Å². The van der Waals surface area contributed by atoms with Gasteiger partial charge in [-0.15, -0.1) is 0 Å². The number of aryl methyl sites for hydroxylation is 1. The van der Waals surface area contributed by atoms with Crippen molar-refractivity contribution in [3.63, 3.8) is 0 Å². The zero-order valence-corrected chi connectivity index (χ0v) is 16.2. The van der Waals surface area contributed by atoms with Crippen LogP contribution >= 0.6 is 0 Å². The maximum absolute atomic E-state index is 12.0. The molecule has 9 nitrogen and oxygen atoms in total. The molecule has 0 amide bonds. The second kappa shape index (κ2) is 8.13. The first kappa shape index (κ1) is 21.3. The van der Waals surface area contributed by atoms with Crippen LogP contribution in [0.1, 0.15) is 22.8 Å². The Balaban J connectivity index is 2.13. The van der Waals surface area contributed by atoms with Crippen molar-refractivity contribution in [1.29, 1.82) is 0 Å². The van der Waals surface area contributed by atoms with Crippen LogP contribution < -0.4 is 9.47 Å². The standard InChI is InChI=1S/C20H24O9/c1-8-4-10-5-11(27-3)6-12(15(10)17(24)14(8)9(2)22)28-20-19(26)18(25)16(23)13(7-21)29-20/h4-6,13,16,18-21,23-26H,7H2,1-3H3/t13-,16-,18+,19-,20+/m1/s1. The van der Waals surface area contributed by atoms with Gasteiger partial charge >= 0.3 is 0 Å². The van der Waals surface area contributed by atoms with E-state index in [9.17, 15) is 30.3 Å². The molecule has 2 aromatic rings. The summed E-state index contributed by atoms with van der Waals surface area (Å²) in [7, 11) is 1.44. The topological polar surface area (TPSA) is 146 Å².